The van der Waals surface area contributed by atoms with Crippen LogP contribution in [-0.4, -0.2) is 0 Å². The molecule has 1 spiro atoms. The van der Waals surface area contributed by atoms with E-state index in [1.165, 1.54) is 57.8 Å². The molecule has 2 aliphatic carbocycles. The predicted molar refractivity (Wildman–Crippen MR) is 62.3 cm³/mol. The Hall–Kier alpha value is -0.510. The first kappa shape index (κ1) is 11.0. The Balaban J connectivity index is 1.78. The molecule has 0 heterocycles. The van der Waals surface area contributed by atoms with Gasteiger partial charge in [-0.1, -0.05) is 19.3 Å². The summed E-state index contributed by atoms with van der Waals surface area (Å²) in [5, 5.41) is 8.59. The van der Waals surface area contributed by atoms with Crippen LogP contribution in [-0.2, 0) is 0 Å². The van der Waals surface area contributed by atoms with Crippen LogP contribution in [0.3, 0.4) is 0 Å². The third-order valence-corrected chi connectivity index (χ3v) is 4.74. The molecule has 0 aliphatic heterocycles. The normalized spacial score (nSPS) is 26.3. The molecule has 15 heavy (non-hydrogen) atoms. The SMILES string of the molecule is N#CCCC1CCC2(CCCCC2)CC1. The molecule has 2 aliphatic rings. The summed E-state index contributed by atoms with van der Waals surface area (Å²) in [7, 11) is 0. The summed E-state index contributed by atoms with van der Waals surface area (Å²) in [5.74, 6) is 0.872. The molecule has 0 radical (unpaired) electrons. The number of rotatable bonds is 2. The van der Waals surface area contributed by atoms with Crippen molar-refractivity contribution in [3.05, 3.63) is 0 Å². The van der Waals surface area contributed by atoms with Crippen LogP contribution in [0.2, 0.25) is 0 Å². The molecule has 2 fully saturated rings. The Kier molecular flexibility index (Phi) is 3.67. The van der Waals surface area contributed by atoms with E-state index in [0.717, 1.165) is 24.2 Å². The molecule has 0 unspecified atom stereocenters. The Morgan fingerprint density at radius 2 is 1.67 bits per heavy atom. The smallest absolute Gasteiger partial charge is 0.0621 e. The first-order chi connectivity index (χ1) is 7.35. The average molecular weight is 205 g/mol. The van der Waals surface area contributed by atoms with E-state index in [-0.39, 0.29) is 0 Å². The Labute approximate surface area is 93.9 Å². The van der Waals surface area contributed by atoms with Gasteiger partial charge in [-0.25, -0.2) is 0 Å². The molecule has 0 aromatic heterocycles. The van der Waals surface area contributed by atoms with Crippen molar-refractivity contribution in [3.8, 4) is 6.07 Å². The summed E-state index contributed by atoms with van der Waals surface area (Å²) in [6.45, 7) is 0. The predicted octanol–water partition coefficient (Wildman–Crippen LogP) is 4.43. The van der Waals surface area contributed by atoms with Crippen molar-refractivity contribution in [2.75, 3.05) is 0 Å². The summed E-state index contributed by atoms with van der Waals surface area (Å²) < 4.78 is 0. The second-order valence-corrected chi connectivity index (χ2v) is 5.70. The molecule has 84 valence electrons. The zero-order valence-corrected chi connectivity index (χ0v) is 9.80. The number of nitrogens with zero attached hydrogens (tertiary/aromatic N) is 1. The molecule has 0 saturated heterocycles. The van der Waals surface area contributed by atoms with Crippen molar-refractivity contribution in [2.24, 2.45) is 11.3 Å². The van der Waals surface area contributed by atoms with Gasteiger partial charge in [0.1, 0.15) is 0 Å². The van der Waals surface area contributed by atoms with Gasteiger partial charge in [0.05, 0.1) is 6.07 Å². The number of hydrogen-bond donors (Lipinski definition) is 0. The van der Waals surface area contributed by atoms with E-state index in [1.54, 1.807) is 0 Å². The summed E-state index contributed by atoms with van der Waals surface area (Å²) in [6, 6.07) is 2.29. The summed E-state index contributed by atoms with van der Waals surface area (Å²) in [5.41, 5.74) is 0.751. The third kappa shape index (κ3) is 2.74. The molecule has 0 amide bonds. The van der Waals surface area contributed by atoms with Gasteiger partial charge in [-0.15, -0.1) is 0 Å². The fourth-order valence-electron chi connectivity index (χ4n) is 3.65. The van der Waals surface area contributed by atoms with E-state index >= 15 is 0 Å². The fraction of sp³-hybridized carbons (Fsp3) is 0.929. The van der Waals surface area contributed by atoms with E-state index in [0.29, 0.717) is 0 Å². The van der Waals surface area contributed by atoms with E-state index in [1.807, 2.05) is 0 Å². The van der Waals surface area contributed by atoms with Crippen LogP contribution in [0.4, 0.5) is 0 Å². The van der Waals surface area contributed by atoms with E-state index in [9.17, 15) is 0 Å². The quantitative estimate of drug-likeness (QED) is 0.654. The fourth-order valence-corrected chi connectivity index (χ4v) is 3.65. The monoisotopic (exact) mass is 205 g/mol. The number of hydrogen-bond acceptors (Lipinski definition) is 1. The molecule has 1 nitrogen and oxygen atoms in total. The molecule has 0 aromatic carbocycles. The van der Waals surface area contributed by atoms with Crippen molar-refractivity contribution in [3.63, 3.8) is 0 Å². The van der Waals surface area contributed by atoms with Crippen LogP contribution in [0.25, 0.3) is 0 Å². The third-order valence-electron chi connectivity index (χ3n) is 4.74. The lowest BCUT2D eigenvalue weighted by molar-refractivity contribution is 0.0949. The van der Waals surface area contributed by atoms with Gasteiger partial charge in [-0.05, 0) is 56.3 Å². The van der Waals surface area contributed by atoms with Gasteiger partial charge in [0.25, 0.3) is 0 Å². The van der Waals surface area contributed by atoms with Crippen LogP contribution in [0.1, 0.15) is 70.6 Å². The second kappa shape index (κ2) is 5.01. The zero-order chi connectivity index (χ0) is 10.6. The summed E-state index contributed by atoms with van der Waals surface area (Å²) in [6.07, 6.45) is 15.1. The molecular formula is C14H23N. The van der Waals surface area contributed by atoms with Crippen LogP contribution in [0, 0.1) is 22.7 Å². The molecular weight excluding hydrogens is 182 g/mol. The molecule has 0 aromatic rings. The maximum absolute atomic E-state index is 8.59. The Bertz CT molecular complexity index is 222. The maximum Gasteiger partial charge on any atom is 0.0621 e. The molecule has 1 heteroatoms. The first-order valence-corrected chi connectivity index (χ1v) is 6.72. The van der Waals surface area contributed by atoms with Crippen molar-refractivity contribution < 1.29 is 0 Å². The highest BCUT2D eigenvalue weighted by molar-refractivity contribution is 4.88. The van der Waals surface area contributed by atoms with Crippen molar-refractivity contribution in [2.45, 2.75) is 70.6 Å². The largest absolute Gasteiger partial charge is 0.198 e. The van der Waals surface area contributed by atoms with E-state index < -0.39 is 0 Å². The highest BCUT2D eigenvalue weighted by atomic mass is 14.4. The minimum absolute atomic E-state index is 0.751. The van der Waals surface area contributed by atoms with E-state index in [2.05, 4.69) is 6.07 Å². The lowest BCUT2D eigenvalue weighted by Crippen LogP contribution is -2.29. The van der Waals surface area contributed by atoms with Crippen molar-refractivity contribution in [1.82, 2.24) is 0 Å². The molecule has 0 atom stereocenters. The number of nitriles is 1. The van der Waals surface area contributed by atoms with Crippen molar-refractivity contribution in [1.29, 1.82) is 5.26 Å². The first-order valence-electron chi connectivity index (χ1n) is 6.72. The molecule has 0 bridgehead atoms. The maximum atomic E-state index is 8.59. The van der Waals surface area contributed by atoms with Crippen LogP contribution in [0.15, 0.2) is 0 Å². The van der Waals surface area contributed by atoms with Gasteiger partial charge in [0, 0.05) is 6.42 Å². The molecule has 2 saturated carbocycles. The molecule has 2 rings (SSSR count). The van der Waals surface area contributed by atoms with Gasteiger partial charge < -0.3 is 0 Å². The van der Waals surface area contributed by atoms with Crippen LogP contribution >= 0.6 is 0 Å². The minimum atomic E-state index is 0.751. The summed E-state index contributed by atoms with van der Waals surface area (Å²) in [4.78, 5) is 0. The van der Waals surface area contributed by atoms with Crippen molar-refractivity contribution >= 4 is 0 Å². The lowest BCUT2D eigenvalue weighted by Gasteiger charge is -2.43. The topological polar surface area (TPSA) is 23.8 Å². The van der Waals surface area contributed by atoms with Gasteiger partial charge in [-0.2, -0.15) is 5.26 Å². The highest BCUT2D eigenvalue weighted by Crippen LogP contribution is 2.49. The Morgan fingerprint density at radius 1 is 1.00 bits per heavy atom. The Morgan fingerprint density at radius 3 is 2.27 bits per heavy atom. The standard InChI is InChI=1S/C14H23N/c15-12-4-5-13-6-10-14(11-7-13)8-2-1-3-9-14/h13H,1-11H2. The van der Waals surface area contributed by atoms with Gasteiger partial charge in [-0.3, -0.25) is 0 Å². The minimum Gasteiger partial charge on any atom is -0.198 e. The van der Waals surface area contributed by atoms with Crippen LogP contribution in [0.5, 0.6) is 0 Å². The molecule has 0 N–H and O–H groups in total. The average Bonchev–Trinajstić information content (AvgIpc) is 2.30. The van der Waals surface area contributed by atoms with Gasteiger partial charge in [0.2, 0.25) is 0 Å². The van der Waals surface area contributed by atoms with E-state index in [4.69, 9.17) is 5.26 Å². The van der Waals surface area contributed by atoms with Gasteiger partial charge in [0.15, 0.2) is 0 Å². The lowest BCUT2D eigenvalue weighted by atomic mass is 9.63. The zero-order valence-electron chi connectivity index (χ0n) is 9.80. The summed E-state index contributed by atoms with van der Waals surface area (Å²) >= 11 is 0. The highest BCUT2D eigenvalue weighted by Gasteiger charge is 2.35. The second-order valence-electron chi connectivity index (χ2n) is 5.70. The van der Waals surface area contributed by atoms with Crippen LogP contribution < -0.4 is 0 Å². The van der Waals surface area contributed by atoms with Gasteiger partial charge >= 0.3 is 0 Å².